The summed E-state index contributed by atoms with van der Waals surface area (Å²) in [5.41, 5.74) is 0.0550. The number of ether oxygens (including phenoxy) is 2. The van der Waals surface area contributed by atoms with E-state index >= 15 is 0 Å². The summed E-state index contributed by atoms with van der Waals surface area (Å²) in [7, 11) is 0. The Bertz CT molecular complexity index is 221. The first-order chi connectivity index (χ1) is 6.45. The van der Waals surface area contributed by atoms with Gasteiger partial charge >= 0.3 is 0 Å². The summed E-state index contributed by atoms with van der Waals surface area (Å²) in [5.74, 6) is 0.560. The molecule has 0 aromatic rings. The van der Waals surface area contributed by atoms with Crippen LogP contribution in [0.25, 0.3) is 0 Å². The third-order valence-corrected chi connectivity index (χ3v) is 3.26. The Morgan fingerprint density at radius 3 is 2.36 bits per heavy atom. The minimum Gasteiger partial charge on any atom is -0.372 e. The van der Waals surface area contributed by atoms with Crippen molar-refractivity contribution in [3.63, 3.8) is 0 Å². The van der Waals surface area contributed by atoms with E-state index in [4.69, 9.17) is 9.47 Å². The molecule has 0 aromatic carbocycles. The van der Waals surface area contributed by atoms with E-state index in [1.54, 1.807) is 0 Å². The first kappa shape index (κ1) is 10.4. The maximum atomic E-state index is 6.15. The molecule has 3 heteroatoms. The highest BCUT2D eigenvalue weighted by Gasteiger charge is 2.50. The van der Waals surface area contributed by atoms with Crippen LogP contribution >= 0.6 is 0 Å². The van der Waals surface area contributed by atoms with E-state index in [9.17, 15) is 0 Å². The van der Waals surface area contributed by atoms with Crippen molar-refractivity contribution in [3.8, 4) is 0 Å². The summed E-state index contributed by atoms with van der Waals surface area (Å²) in [6, 6.07) is 0. The van der Waals surface area contributed by atoms with Gasteiger partial charge in [-0.3, -0.25) is 5.32 Å². The molecule has 1 unspecified atom stereocenters. The number of nitrogens with one attached hydrogen (secondary N) is 1. The highest BCUT2D eigenvalue weighted by molar-refractivity contribution is 4.97. The standard InChI is InChI=1S/C11H21NO2/c1-8(2)9-10(3,4)5-12-11(14-9)6-13-7-11/h8-9,12H,5-7H2,1-4H3. The summed E-state index contributed by atoms with van der Waals surface area (Å²) in [5, 5.41) is 3.46. The topological polar surface area (TPSA) is 30.5 Å². The molecule has 0 amide bonds. The smallest absolute Gasteiger partial charge is 0.166 e. The van der Waals surface area contributed by atoms with Crippen molar-refractivity contribution < 1.29 is 9.47 Å². The lowest BCUT2D eigenvalue weighted by Gasteiger charge is -2.54. The molecule has 0 aliphatic carbocycles. The molecule has 0 saturated carbocycles. The Morgan fingerprint density at radius 2 is 1.93 bits per heavy atom. The molecule has 1 atom stereocenters. The highest BCUT2D eigenvalue weighted by atomic mass is 16.6. The quantitative estimate of drug-likeness (QED) is 0.692. The lowest BCUT2D eigenvalue weighted by molar-refractivity contribution is -0.292. The molecular weight excluding hydrogens is 178 g/mol. The van der Waals surface area contributed by atoms with Gasteiger partial charge in [0.25, 0.3) is 0 Å². The second kappa shape index (κ2) is 3.19. The molecule has 1 N–H and O–H groups in total. The van der Waals surface area contributed by atoms with Crippen molar-refractivity contribution in [1.82, 2.24) is 5.32 Å². The van der Waals surface area contributed by atoms with Gasteiger partial charge in [0.1, 0.15) is 0 Å². The van der Waals surface area contributed by atoms with E-state index < -0.39 is 0 Å². The molecule has 2 aliphatic heterocycles. The zero-order valence-electron chi connectivity index (χ0n) is 9.59. The first-order valence-corrected chi connectivity index (χ1v) is 5.46. The molecule has 14 heavy (non-hydrogen) atoms. The van der Waals surface area contributed by atoms with Gasteiger partial charge in [0.15, 0.2) is 5.72 Å². The van der Waals surface area contributed by atoms with E-state index in [0.29, 0.717) is 25.2 Å². The van der Waals surface area contributed by atoms with E-state index in [2.05, 4.69) is 33.0 Å². The minimum atomic E-state index is -0.162. The number of hydrogen-bond acceptors (Lipinski definition) is 3. The summed E-state index contributed by atoms with van der Waals surface area (Å²) in [6.07, 6.45) is 0.327. The predicted molar refractivity (Wildman–Crippen MR) is 55.0 cm³/mol. The Hall–Kier alpha value is -0.120. The lowest BCUT2D eigenvalue weighted by Crippen LogP contribution is -2.71. The van der Waals surface area contributed by atoms with Crippen molar-refractivity contribution in [2.75, 3.05) is 19.8 Å². The fourth-order valence-electron chi connectivity index (χ4n) is 2.43. The maximum Gasteiger partial charge on any atom is 0.166 e. The molecule has 3 nitrogen and oxygen atoms in total. The fourth-order valence-corrected chi connectivity index (χ4v) is 2.43. The van der Waals surface area contributed by atoms with Gasteiger partial charge in [-0.25, -0.2) is 0 Å². The van der Waals surface area contributed by atoms with Gasteiger partial charge in [-0.05, 0) is 5.92 Å². The summed E-state index contributed by atoms with van der Waals surface area (Å²) >= 11 is 0. The van der Waals surface area contributed by atoms with E-state index in [1.165, 1.54) is 0 Å². The second-order valence-corrected chi connectivity index (χ2v) is 5.61. The predicted octanol–water partition coefficient (Wildman–Crippen LogP) is 1.38. The lowest BCUT2D eigenvalue weighted by atomic mass is 9.78. The van der Waals surface area contributed by atoms with Crippen molar-refractivity contribution in [1.29, 1.82) is 0 Å². The van der Waals surface area contributed by atoms with Crippen molar-refractivity contribution in [3.05, 3.63) is 0 Å². The Labute approximate surface area is 86.2 Å². The van der Waals surface area contributed by atoms with Crippen LogP contribution in [0.2, 0.25) is 0 Å². The third-order valence-electron chi connectivity index (χ3n) is 3.26. The van der Waals surface area contributed by atoms with Gasteiger partial charge in [-0.2, -0.15) is 0 Å². The highest BCUT2D eigenvalue weighted by Crippen LogP contribution is 2.37. The first-order valence-electron chi connectivity index (χ1n) is 5.46. The molecule has 82 valence electrons. The maximum absolute atomic E-state index is 6.15. The molecule has 2 saturated heterocycles. The summed E-state index contributed by atoms with van der Waals surface area (Å²) < 4.78 is 11.4. The largest absolute Gasteiger partial charge is 0.372 e. The van der Waals surface area contributed by atoms with Gasteiger partial charge in [0, 0.05) is 12.0 Å². The van der Waals surface area contributed by atoms with Crippen LogP contribution in [0, 0.1) is 11.3 Å². The van der Waals surface area contributed by atoms with Crippen molar-refractivity contribution >= 4 is 0 Å². The Balaban J connectivity index is 2.09. The average molecular weight is 199 g/mol. The van der Waals surface area contributed by atoms with Crippen LogP contribution in [0.15, 0.2) is 0 Å². The zero-order valence-corrected chi connectivity index (χ0v) is 9.59. The van der Waals surface area contributed by atoms with Gasteiger partial charge in [0.05, 0.1) is 19.3 Å². The van der Waals surface area contributed by atoms with Crippen LogP contribution in [0.1, 0.15) is 27.7 Å². The van der Waals surface area contributed by atoms with E-state index in [-0.39, 0.29) is 11.1 Å². The SMILES string of the molecule is CC(C)C1OC2(COC2)NCC1(C)C. The van der Waals surface area contributed by atoms with Crippen molar-refractivity contribution in [2.24, 2.45) is 11.3 Å². The normalized spacial score (nSPS) is 34.5. The Kier molecular flexibility index (Phi) is 2.37. The van der Waals surface area contributed by atoms with Crippen molar-refractivity contribution in [2.45, 2.75) is 39.5 Å². The summed E-state index contributed by atoms with van der Waals surface area (Å²) in [6.45, 7) is 11.4. The molecule has 2 rings (SSSR count). The zero-order chi connectivity index (χ0) is 10.4. The van der Waals surface area contributed by atoms with Gasteiger partial charge in [0.2, 0.25) is 0 Å². The van der Waals surface area contributed by atoms with E-state index in [1.807, 2.05) is 0 Å². The number of hydrogen-bond donors (Lipinski definition) is 1. The van der Waals surface area contributed by atoms with Gasteiger partial charge < -0.3 is 9.47 Å². The third kappa shape index (κ3) is 1.58. The fraction of sp³-hybridized carbons (Fsp3) is 1.00. The second-order valence-electron chi connectivity index (χ2n) is 5.61. The van der Waals surface area contributed by atoms with Gasteiger partial charge in [-0.15, -0.1) is 0 Å². The summed E-state index contributed by atoms with van der Waals surface area (Å²) in [4.78, 5) is 0. The molecule has 0 bridgehead atoms. The molecular formula is C11H21NO2. The van der Waals surface area contributed by atoms with Crippen LogP contribution in [-0.2, 0) is 9.47 Å². The average Bonchev–Trinajstić information content (AvgIpc) is 2.00. The molecule has 0 aromatic heterocycles. The molecule has 1 spiro atoms. The molecule has 0 radical (unpaired) electrons. The van der Waals surface area contributed by atoms with Crippen LogP contribution in [0.3, 0.4) is 0 Å². The van der Waals surface area contributed by atoms with Crippen LogP contribution < -0.4 is 5.32 Å². The van der Waals surface area contributed by atoms with Crippen LogP contribution in [0.5, 0.6) is 0 Å². The number of rotatable bonds is 1. The van der Waals surface area contributed by atoms with E-state index in [0.717, 1.165) is 6.54 Å². The molecule has 2 heterocycles. The monoisotopic (exact) mass is 199 g/mol. The van der Waals surface area contributed by atoms with Gasteiger partial charge in [-0.1, -0.05) is 27.7 Å². The minimum absolute atomic E-state index is 0.162. The van der Waals surface area contributed by atoms with Crippen LogP contribution in [-0.4, -0.2) is 31.6 Å². The Morgan fingerprint density at radius 1 is 1.29 bits per heavy atom. The molecule has 2 fully saturated rings. The van der Waals surface area contributed by atoms with Crippen LogP contribution in [0.4, 0.5) is 0 Å². The molecule has 2 aliphatic rings.